The highest BCUT2D eigenvalue weighted by molar-refractivity contribution is 5.76. The molecular weight excluding hydrogens is 178 g/mol. The Labute approximate surface area is 86.2 Å². The van der Waals surface area contributed by atoms with Gasteiger partial charge in [-0.05, 0) is 18.3 Å². The van der Waals surface area contributed by atoms with E-state index in [1.807, 2.05) is 0 Å². The molecule has 0 aromatic heterocycles. The molecule has 1 N–H and O–H groups in total. The topological polar surface area (TPSA) is 38.3 Å². The minimum absolute atomic E-state index is 0.174. The van der Waals surface area contributed by atoms with E-state index in [4.69, 9.17) is 4.74 Å². The van der Waals surface area contributed by atoms with Crippen LogP contribution in [0.3, 0.4) is 0 Å². The highest BCUT2D eigenvalue weighted by Gasteiger charge is 2.18. The molecule has 1 heterocycles. The zero-order chi connectivity index (χ0) is 10.4. The molecule has 0 aromatic rings. The summed E-state index contributed by atoms with van der Waals surface area (Å²) in [7, 11) is 0. The quantitative estimate of drug-likeness (QED) is 0.730. The summed E-state index contributed by atoms with van der Waals surface area (Å²) in [6.07, 6.45) is 2.86. The molecule has 0 saturated carbocycles. The standard InChI is InChI=1S/C11H21NO2/c1-3-9(2)7-14-8-10-4-5-12-11(13)6-10/h9-10H,3-8H2,1-2H3,(H,12,13). The van der Waals surface area contributed by atoms with Crippen LogP contribution in [-0.2, 0) is 9.53 Å². The zero-order valence-electron chi connectivity index (χ0n) is 9.21. The van der Waals surface area contributed by atoms with Gasteiger partial charge in [0.1, 0.15) is 0 Å². The first-order valence-electron chi connectivity index (χ1n) is 5.56. The van der Waals surface area contributed by atoms with E-state index < -0.39 is 0 Å². The number of ether oxygens (including phenoxy) is 1. The van der Waals surface area contributed by atoms with Crippen LogP contribution in [0.5, 0.6) is 0 Å². The average molecular weight is 199 g/mol. The SMILES string of the molecule is CCC(C)COCC1CCNC(=O)C1. The van der Waals surface area contributed by atoms with E-state index in [1.165, 1.54) is 0 Å². The van der Waals surface area contributed by atoms with Crippen molar-refractivity contribution in [3.8, 4) is 0 Å². The van der Waals surface area contributed by atoms with Crippen LogP contribution < -0.4 is 5.32 Å². The number of piperidine rings is 1. The molecule has 2 atom stereocenters. The van der Waals surface area contributed by atoms with Gasteiger partial charge in [0.05, 0.1) is 0 Å². The Kier molecular flexibility index (Phi) is 4.94. The number of hydrogen-bond donors (Lipinski definition) is 1. The van der Waals surface area contributed by atoms with Crippen molar-refractivity contribution in [1.82, 2.24) is 5.32 Å². The first-order valence-corrected chi connectivity index (χ1v) is 5.56. The van der Waals surface area contributed by atoms with Gasteiger partial charge in [-0.25, -0.2) is 0 Å². The van der Waals surface area contributed by atoms with Crippen molar-refractivity contribution < 1.29 is 9.53 Å². The summed E-state index contributed by atoms with van der Waals surface area (Å²) in [5.41, 5.74) is 0. The number of carbonyl (C=O) groups is 1. The highest BCUT2D eigenvalue weighted by atomic mass is 16.5. The van der Waals surface area contributed by atoms with Crippen molar-refractivity contribution in [2.45, 2.75) is 33.1 Å². The highest BCUT2D eigenvalue weighted by Crippen LogP contribution is 2.13. The molecule has 0 bridgehead atoms. The fourth-order valence-corrected chi connectivity index (χ4v) is 1.55. The normalized spacial score (nSPS) is 24.4. The lowest BCUT2D eigenvalue weighted by Crippen LogP contribution is -2.35. The molecule has 1 fully saturated rings. The Balaban J connectivity index is 2.08. The second-order valence-corrected chi connectivity index (χ2v) is 4.26. The molecule has 1 saturated heterocycles. The molecule has 0 aromatic carbocycles. The molecule has 0 aliphatic carbocycles. The Morgan fingerprint density at radius 3 is 3.07 bits per heavy atom. The molecule has 2 unspecified atom stereocenters. The molecule has 14 heavy (non-hydrogen) atoms. The molecule has 82 valence electrons. The molecule has 3 heteroatoms. The summed E-state index contributed by atoms with van der Waals surface area (Å²) in [6, 6.07) is 0. The third-order valence-corrected chi connectivity index (χ3v) is 2.80. The van der Waals surface area contributed by atoms with Gasteiger partial charge in [-0.15, -0.1) is 0 Å². The van der Waals surface area contributed by atoms with Gasteiger partial charge < -0.3 is 10.1 Å². The first-order chi connectivity index (χ1) is 6.72. The molecule has 0 radical (unpaired) electrons. The smallest absolute Gasteiger partial charge is 0.220 e. The molecule has 1 aliphatic rings. The Morgan fingerprint density at radius 2 is 2.43 bits per heavy atom. The Bertz CT molecular complexity index is 182. The van der Waals surface area contributed by atoms with Crippen molar-refractivity contribution in [2.24, 2.45) is 11.8 Å². The maximum atomic E-state index is 11.1. The number of carbonyl (C=O) groups excluding carboxylic acids is 1. The van der Waals surface area contributed by atoms with Gasteiger partial charge in [-0.3, -0.25) is 4.79 Å². The molecule has 1 amide bonds. The lowest BCUT2D eigenvalue weighted by molar-refractivity contribution is -0.124. The van der Waals surface area contributed by atoms with Crippen molar-refractivity contribution in [1.29, 1.82) is 0 Å². The molecule has 3 nitrogen and oxygen atoms in total. The summed E-state index contributed by atoms with van der Waals surface area (Å²) in [5, 5.41) is 2.83. The van der Waals surface area contributed by atoms with Crippen LogP contribution in [-0.4, -0.2) is 25.7 Å². The Hall–Kier alpha value is -0.570. The van der Waals surface area contributed by atoms with Crippen LogP contribution in [0.4, 0.5) is 0 Å². The summed E-state index contributed by atoms with van der Waals surface area (Å²) < 4.78 is 5.59. The lowest BCUT2D eigenvalue weighted by Gasteiger charge is -2.22. The molecule has 1 aliphatic heterocycles. The van der Waals surface area contributed by atoms with E-state index in [0.29, 0.717) is 18.3 Å². The molecular formula is C11H21NO2. The fraction of sp³-hybridized carbons (Fsp3) is 0.909. The predicted octanol–water partition coefficient (Wildman–Crippen LogP) is 1.58. The van der Waals surface area contributed by atoms with Crippen molar-refractivity contribution >= 4 is 5.91 Å². The lowest BCUT2D eigenvalue weighted by atomic mass is 9.99. The average Bonchev–Trinajstić information content (AvgIpc) is 2.17. The number of rotatable bonds is 5. The maximum absolute atomic E-state index is 11.1. The second-order valence-electron chi connectivity index (χ2n) is 4.26. The van der Waals surface area contributed by atoms with E-state index >= 15 is 0 Å². The van der Waals surface area contributed by atoms with Crippen LogP contribution >= 0.6 is 0 Å². The summed E-state index contributed by atoms with van der Waals surface area (Å²) >= 11 is 0. The number of nitrogens with one attached hydrogen (secondary N) is 1. The van der Waals surface area contributed by atoms with Crippen molar-refractivity contribution in [3.63, 3.8) is 0 Å². The van der Waals surface area contributed by atoms with Gasteiger partial charge in [0.2, 0.25) is 5.91 Å². The fourth-order valence-electron chi connectivity index (χ4n) is 1.55. The van der Waals surface area contributed by atoms with E-state index in [1.54, 1.807) is 0 Å². The second kappa shape index (κ2) is 6.02. The van der Waals surface area contributed by atoms with Crippen molar-refractivity contribution in [3.05, 3.63) is 0 Å². The van der Waals surface area contributed by atoms with Crippen LogP contribution in [0.25, 0.3) is 0 Å². The predicted molar refractivity (Wildman–Crippen MR) is 56.0 cm³/mol. The van der Waals surface area contributed by atoms with Gasteiger partial charge in [0, 0.05) is 26.2 Å². The zero-order valence-corrected chi connectivity index (χ0v) is 9.21. The van der Waals surface area contributed by atoms with E-state index in [-0.39, 0.29) is 5.91 Å². The van der Waals surface area contributed by atoms with E-state index in [0.717, 1.165) is 32.6 Å². The Morgan fingerprint density at radius 1 is 1.64 bits per heavy atom. The first kappa shape index (κ1) is 11.5. The monoisotopic (exact) mass is 199 g/mol. The van der Waals surface area contributed by atoms with Gasteiger partial charge in [-0.2, -0.15) is 0 Å². The maximum Gasteiger partial charge on any atom is 0.220 e. The number of amides is 1. The van der Waals surface area contributed by atoms with E-state index in [2.05, 4.69) is 19.2 Å². The third-order valence-electron chi connectivity index (χ3n) is 2.80. The minimum Gasteiger partial charge on any atom is -0.381 e. The van der Waals surface area contributed by atoms with Gasteiger partial charge in [-0.1, -0.05) is 20.3 Å². The minimum atomic E-state index is 0.174. The molecule has 0 spiro atoms. The van der Waals surface area contributed by atoms with Gasteiger partial charge in [0.15, 0.2) is 0 Å². The van der Waals surface area contributed by atoms with E-state index in [9.17, 15) is 4.79 Å². The summed E-state index contributed by atoms with van der Waals surface area (Å²) in [6.45, 7) is 6.75. The number of hydrogen-bond acceptors (Lipinski definition) is 2. The largest absolute Gasteiger partial charge is 0.381 e. The van der Waals surface area contributed by atoms with Crippen LogP contribution in [0, 0.1) is 11.8 Å². The van der Waals surface area contributed by atoms with Crippen LogP contribution in [0.2, 0.25) is 0 Å². The third kappa shape index (κ3) is 4.09. The van der Waals surface area contributed by atoms with Crippen molar-refractivity contribution in [2.75, 3.05) is 19.8 Å². The van der Waals surface area contributed by atoms with Gasteiger partial charge >= 0.3 is 0 Å². The van der Waals surface area contributed by atoms with Gasteiger partial charge in [0.25, 0.3) is 0 Å². The molecule has 1 rings (SSSR count). The summed E-state index contributed by atoms with van der Waals surface area (Å²) in [5.74, 6) is 1.24. The van der Waals surface area contributed by atoms with Crippen LogP contribution in [0.1, 0.15) is 33.1 Å². The summed E-state index contributed by atoms with van der Waals surface area (Å²) in [4.78, 5) is 11.1. The van der Waals surface area contributed by atoms with Crippen LogP contribution in [0.15, 0.2) is 0 Å².